The molecule has 0 aliphatic carbocycles. The fourth-order valence-electron chi connectivity index (χ4n) is 4.56. The van der Waals surface area contributed by atoms with Crippen molar-refractivity contribution in [3.05, 3.63) is 69.3 Å². The van der Waals surface area contributed by atoms with Crippen molar-refractivity contribution < 1.29 is 8.60 Å². The molecule has 2 aromatic carbocycles. The van der Waals surface area contributed by atoms with Crippen LogP contribution in [-0.2, 0) is 18.0 Å². The number of pyridine rings is 1. The molecule has 1 fully saturated rings. The van der Waals surface area contributed by atoms with Crippen LogP contribution in [0.2, 0.25) is 0 Å². The molecule has 2 atom stereocenters. The first-order chi connectivity index (χ1) is 16.2. The summed E-state index contributed by atoms with van der Waals surface area (Å²) in [5, 5.41) is 14.2. The molecule has 0 radical (unpaired) electrons. The molecule has 0 spiro atoms. The van der Waals surface area contributed by atoms with Gasteiger partial charge in [-0.05, 0) is 60.7 Å². The maximum absolute atomic E-state index is 13.6. The lowest BCUT2D eigenvalue weighted by atomic mass is 9.97. The van der Waals surface area contributed by atoms with Crippen molar-refractivity contribution in [2.45, 2.75) is 19.9 Å². The number of fused-ring (bicyclic) bond motifs is 1. The quantitative estimate of drug-likeness (QED) is 0.604. The van der Waals surface area contributed by atoms with Crippen LogP contribution in [-0.4, -0.2) is 45.5 Å². The molecular weight excluding hydrogens is 453 g/mol. The molecule has 1 aliphatic heterocycles. The second-order valence-electron chi connectivity index (χ2n) is 8.69. The topological polar surface area (TPSA) is 81.4 Å². The van der Waals surface area contributed by atoms with Gasteiger partial charge in [0.15, 0.2) is 0 Å². The number of rotatable bonds is 5. The fourth-order valence-corrected chi connectivity index (χ4v) is 5.23. The van der Waals surface area contributed by atoms with E-state index in [9.17, 15) is 18.7 Å². The van der Waals surface area contributed by atoms with Crippen molar-refractivity contribution in [1.82, 2.24) is 8.87 Å². The zero-order valence-electron chi connectivity index (χ0n) is 19.8. The number of anilines is 2. The molecule has 178 valence electrons. The Morgan fingerprint density at radius 1 is 1.12 bits per heavy atom. The van der Waals surface area contributed by atoms with Crippen LogP contribution in [0.1, 0.15) is 29.7 Å². The third kappa shape index (κ3) is 4.56. The molecule has 1 aliphatic rings. The first-order valence-corrected chi connectivity index (χ1v) is 12.6. The van der Waals surface area contributed by atoms with Crippen molar-refractivity contribution in [3.8, 4) is 6.07 Å². The molecule has 9 heteroatoms. The van der Waals surface area contributed by atoms with Crippen LogP contribution < -0.4 is 15.8 Å². The number of aromatic nitrogens is 1. The van der Waals surface area contributed by atoms with Gasteiger partial charge in [-0.1, -0.05) is 6.07 Å². The van der Waals surface area contributed by atoms with Crippen LogP contribution in [0.15, 0.2) is 41.2 Å². The van der Waals surface area contributed by atoms with Gasteiger partial charge >= 0.3 is 0 Å². The van der Waals surface area contributed by atoms with Crippen LogP contribution in [0, 0.1) is 24.1 Å². The number of hydrogen-bond acceptors (Lipinski definition) is 5. The summed E-state index contributed by atoms with van der Waals surface area (Å²) in [6.45, 7) is 6.59. The lowest BCUT2D eigenvalue weighted by Crippen LogP contribution is -2.48. The molecule has 34 heavy (non-hydrogen) atoms. The molecule has 0 bridgehead atoms. The van der Waals surface area contributed by atoms with Crippen LogP contribution in [0.25, 0.3) is 10.8 Å². The average Bonchev–Trinajstić information content (AvgIpc) is 2.82. The molecule has 1 N–H and O–H groups in total. The minimum Gasteiger partial charge on any atom is -0.377 e. The summed E-state index contributed by atoms with van der Waals surface area (Å²) in [5.74, 6) is 0.353. The van der Waals surface area contributed by atoms with Crippen molar-refractivity contribution in [2.75, 3.05) is 42.7 Å². The summed E-state index contributed by atoms with van der Waals surface area (Å²) in [4.78, 5) is 15.5. The second-order valence-corrected chi connectivity index (χ2v) is 10.1. The SMILES string of the molecule is Cc1cc([C@@H](C)Nc2ccc(F)cc2C#N)c2cc(N3CCN(S(C)=O)CC3)n(C)c(=O)c2c1. The van der Waals surface area contributed by atoms with Gasteiger partial charge in [0.1, 0.15) is 17.7 Å². The summed E-state index contributed by atoms with van der Waals surface area (Å²) in [6, 6.07) is 11.9. The summed E-state index contributed by atoms with van der Waals surface area (Å²) in [6.07, 6.45) is 1.68. The highest BCUT2D eigenvalue weighted by Crippen LogP contribution is 2.31. The predicted molar refractivity (Wildman–Crippen MR) is 135 cm³/mol. The first kappa shape index (κ1) is 23.9. The normalized spacial score (nSPS) is 16.3. The number of halogens is 1. The Morgan fingerprint density at radius 2 is 1.82 bits per heavy atom. The molecule has 2 heterocycles. The van der Waals surface area contributed by atoms with Crippen molar-refractivity contribution in [1.29, 1.82) is 5.26 Å². The van der Waals surface area contributed by atoms with Crippen molar-refractivity contribution in [3.63, 3.8) is 0 Å². The molecule has 3 aromatic rings. The highest BCUT2D eigenvalue weighted by atomic mass is 32.2. The monoisotopic (exact) mass is 481 g/mol. The average molecular weight is 482 g/mol. The van der Waals surface area contributed by atoms with Gasteiger partial charge in [0.25, 0.3) is 5.56 Å². The molecule has 4 rings (SSSR count). The van der Waals surface area contributed by atoms with Gasteiger partial charge in [-0.25, -0.2) is 12.9 Å². The Labute approximate surface area is 201 Å². The molecule has 1 aromatic heterocycles. The minimum absolute atomic E-state index is 0.0781. The Hall–Kier alpha value is -3.22. The Bertz CT molecular complexity index is 1370. The van der Waals surface area contributed by atoms with Crippen molar-refractivity contribution >= 4 is 33.3 Å². The molecule has 7 nitrogen and oxygen atoms in total. The van der Waals surface area contributed by atoms with Gasteiger partial charge in [-0.15, -0.1) is 0 Å². The molecule has 0 saturated carbocycles. The number of piperazine rings is 1. The standard InChI is InChI=1S/C25H28FN5O2S/c1-16-11-20(17(2)28-23-6-5-19(26)13-18(23)15-27)21-14-24(29(3)25(32)22(21)12-16)30-7-9-31(10-8-30)34(4)33/h5-6,11-14,17,28H,7-10H2,1-4H3/t17-,34?/m1/s1. The smallest absolute Gasteiger partial charge is 0.259 e. The number of nitrogens with zero attached hydrogens (tertiary/aromatic N) is 4. The van der Waals surface area contributed by atoms with Gasteiger partial charge in [0.05, 0.1) is 22.2 Å². The lowest BCUT2D eigenvalue weighted by Gasteiger charge is -2.35. The van der Waals surface area contributed by atoms with E-state index in [2.05, 4.69) is 10.2 Å². The Balaban J connectivity index is 1.76. The van der Waals surface area contributed by atoms with E-state index >= 15 is 0 Å². The second kappa shape index (κ2) is 9.57. The number of nitrogens with one attached hydrogen (secondary N) is 1. The van der Waals surface area contributed by atoms with Crippen LogP contribution in [0.5, 0.6) is 0 Å². The van der Waals surface area contributed by atoms with E-state index in [1.165, 1.54) is 12.1 Å². The van der Waals surface area contributed by atoms with E-state index in [1.807, 2.05) is 42.4 Å². The first-order valence-electron chi connectivity index (χ1n) is 11.1. The van der Waals surface area contributed by atoms with E-state index in [0.717, 1.165) is 22.3 Å². The summed E-state index contributed by atoms with van der Waals surface area (Å²) >= 11 is 0. The number of hydrogen-bond donors (Lipinski definition) is 1. The largest absolute Gasteiger partial charge is 0.377 e. The minimum atomic E-state index is -1.01. The van der Waals surface area contributed by atoms with Gasteiger partial charge in [0, 0.05) is 50.9 Å². The maximum Gasteiger partial charge on any atom is 0.259 e. The summed E-state index contributed by atoms with van der Waals surface area (Å²) < 4.78 is 29.0. The summed E-state index contributed by atoms with van der Waals surface area (Å²) in [7, 11) is 0.772. The highest BCUT2D eigenvalue weighted by molar-refractivity contribution is 7.81. The maximum atomic E-state index is 13.6. The highest BCUT2D eigenvalue weighted by Gasteiger charge is 2.23. The third-order valence-electron chi connectivity index (χ3n) is 6.38. The van der Waals surface area contributed by atoms with Gasteiger partial charge < -0.3 is 10.2 Å². The molecule has 1 saturated heterocycles. The zero-order valence-corrected chi connectivity index (χ0v) is 20.6. The summed E-state index contributed by atoms with van der Waals surface area (Å²) in [5.41, 5.74) is 2.58. The number of nitriles is 1. The van der Waals surface area contributed by atoms with Gasteiger partial charge in [-0.3, -0.25) is 9.36 Å². The van der Waals surface area contributed by atoms with E-state index < -0.39 is 16.8 Å². The van der Waals surface area contributed by atoms with E-state index in [4.69, 9.17) is 0 Å². The molecule has 1 unspecified atom stereocenters. The third-order valence-corrected chi connectivity index (χ3v) is 7.47. The molecule has 0 amide bonds. The molecular formula is C25H28FN5O2S. The van der Waals surface area contributed by atoms with E-state index in [1.54, 1.807) is 23.9 Å². The Kier molecular flexibility index (Phi) is 6.73. The van der Waals surface area contributed by atoms with Crippen molar-refractivity contribution in [2.24, 2.45) is 7.05 Å². The van der Waals surface area contributed by atoms with Crippen LogP contribution >= 0.6 is 0 Å². The predicted octanol–water partition coefficient (Wildman–Crippen LogP) is 3.45. The van der Waals surface area contributed by atoms with Crippen LogP contribution in [0.3, 0.4) is 0 Å². The fraction of sp³-hybridized carbons (Fsp3) is 0.360. The van der Waals surface area contributed by atoms with E-state index in [-0.39, 0.29) is 17.2 Å². The number of aryl methyl sites for hydroxylation is 1. The van der Waals surface area contributed by atoms with E-state index in [0.29, 0.717) is 37.3 Å². The van der Waals surface area contributed by atoms with Gasteiger partial charge in [0.2, 0.25) is 0 Å². The zero-order chi connectivity index (χ0) is 24.6. The Morgan fingerprint density at radius 3 is 2.47 bits per heavy atom. The van der Waals surface area contributed by atoms with Crippen LogP contribution in [0.4, 0.5) is 15.9 Å². The lowest BCUT2D eigenvalue weighted by molar-refractivity contribution is 0.409. The van der Waals surface area contributed by atoms with Gasteiger partial charge in [-0.2, -0.15) is 5.26 Å². The number of benzene rings is 2.